The first-order chi connectivity index (χ1) is 12.3. The van der Waals surface area contributed by atoms with E-state index < -0.39 is 4.92 Å². The first kappa shape index (κ1) is 17.5. The van der Waals surface area contributed by atoms with Gasteiger partial charge in [0, 0.05) is 28.6 Å². The summed E-state index contributed by atoms with van der Waals surface area (Å²) in [6, 6.07) is 10.3. The number of anilines is 1. The van der Waals surface area contributed by atoms with E-state index in [0.717, 1.165) is 39.1 Å². The Bertz CT molecular complexity index is 1120. The van der Waals surface area contributed by atoms with Crippen molar-refractivity contribution in [3.63, 3.8) is 0 Å². The number of furan rings is 2. The lowest BCUT2D eigenvalue weighted by Gasteiger charge is -1.91. The van der Waals surface area contributed by atoms with E-state index in [9.17, 15) is 10.1 Å². The van der Waals surface area contributed by atoms with Crippen molar-refractivity contribution in [2.24, 2.45) is 0 Å². The Morgan fingerprint density at radius 1 is 0.846 bits per heavy atom. The van der Waals surface area contributed by atoms with Gasteiger partial charge >= 0.3 is 0 Å². The third-order valence-electron chi connectivity index (χ3n) is 4.57. The highest BCUT2D eigenvalue weighted by Gasteiger charge is 2.11. The molecule has 2 aromatic heterocycles. The Morgan fingerprint density at radius 3 is 1.88 bits per heavy atom. The Hall–Kier alpha value is -3.28. The minimum atomic E-state index is -0.402. The number of nitro groups is 1. The van der Waals surface area contributed by atoms with Crippen LogP contribution >= 0.6 is 0 Å². The Kier molecular flexibility index (Phi) is 4.42. The maximum Gasteiger partial charge on any atom is 0.270 e. The third-order valence-corrected chi connectivity index (χ3v) is 4.57. The largest absolute Gasteiger partial charge is 0.461 e. The summed E-state index contributed by atoms with van der Waals surface area (Å²) in [7, 11) is 0. The highest BCUT2D eigenvalue weighted by molar-refractivity contribution is 5.85. The molecule has 0 bridgehead atoms. The lowest BCUT2D eigenvalue weighted by atomic mass is 10.1. The molecule has 0 saturated carbocycles. The summed E-state index contributed by atoms with van der Waals surface area (Å²) in [5.74, 6) is 1.77. The maximum atomic E-state index is 10.5. The standard InChI is InChI=1S/C10H9NO3.C10H11NO/c1-6-7(2)14-10-4-3-8(11(12)13)5-9(6)10;1-6-7(2)12-10-4-3-8(11)5-9(6)10/h3-5H,1-2H3;3-5H,11H2,1-2H3. The molecular formula is C20H20N2O4. The summed E-state index contributed by atoms with van der Waals surface area (Å²) in [5.41, 5.74) is 10.3. The van der Waals surface area contributed by atoms with Crippen LogP contribution in [0.2, 0.25) is 0 Å². The number of fused-ring (bicyclic) bond motifs is 2. The Morgan fingerprint density at radius 2 is 1.35 bits per heavy atom. The van der Waals surface area contributed by atoms with Crippen molar-refractivity contribution in [2.45, 2.75) is 27.7 Å². The first-order valence-corrected chi connectivity index (χ1v) is 8.17. The summed E-state index contributed by atoms with van der Waals surface area (Å²) < 4.78 is 10.9. The van der Waals surface area contributed by atoms with Gasteiger partial charge in [-0.1, -0.05) is 0 Å². The van der Waals surface area contributed by atoms with Crippen LogP contribution in [0, 0.1) is 37.8 Å². The number of nitrogens with two attached hydrogens (primary N) is 1. The predicted octanol–water partition coefficient (Wildman–Crippen LogP) is 5.59. The van der Waals surface area contributed by atoms with Crippen LogP contribution in [-0.4, -0.2) is 4.92 Å². The van der Waals surface area contributed by atoms with Gasteiger partial charge in [-0.2, -0.15) is 0 Å². The molecule has 4 rings (SSSR count). The number of aryl methyl sites for hydroxylation is 4. The minimum Gasteiger partial charge on any atom is -0.461 e. The Balaban J connectivity index is 0.000000152. The number of nitrogen functional groups attached to an aromatic ring is 1. The van der Waals surface area contributed by atoms with Crippen molar-refractivity contribution in [2.75, 3.05) is 5.73 Å². The van der Waals surface area contributed by atoms with Gasteiger partial charge in [0.05, 0.1) is 4.92 Å². The van der Waals surface area contributed by atoms with Crippen molar-refractivity contribution in [3.05, 3.63) is 69.2 Å². The van der Waals surface area contributed by atoms with E-state index >= 15 is 0 Å². The van der Waals surface area contributed by atoms with Crippen molar-refractivity contribution in [3.8, 4) is 0 Å². The zero-order valence-electron chi connectivity index (χ0n) is 15.1. The van der Waals surface area contributed by atoms with Crippen LogP contribution in [0.1, 0.15) is 22.6 Å². The SMILES string of the molecule is Cc1oc2ccc(N)cc2c1C.Cc1oc2ccc([N+](=O)[O-])cc2c1C. The van der Waals surface area contributed by atoms with Crippen molar-refractivity contribution < 1.29 is 13.8 Å². The highest BCUT2D eigenvalue weighted by Crippen LogP contribution is 2.28. The van der Waals surface area contributed by atoms with Crippen LogP contribution in [0.3, 0.4) is 0 Å². The van der Waals surface area contributed by atoms with Crippen LogP contribution in [0.25, 0.3) is 21.9 Å². The Labute approximate surface area is 150 Å². The van der Waals surface area contributed by atoms with Gasteiger partial charge in [0.1, 0.15) is 22.7 Å². The van der Waals surface area contributed by atoms with Crippen molar-refractivity contribution in [1.82, 2.24) is 0 Å². The molecule has 0 radical (unpaired) electrons. The molecule has 0 aliphatic rings. The molecule has 26 heavy (non-hydrogen) atoms. The molecule has 0 atom stereocenters. The smallest absolute Gasteiger partial charge is 0.270 e. The lowest BCUT2D eigenvalue weighted by Crippen LogP contribution is -1.86. The molecule has 2 heterocycles. The topological polar surface area (TPSA) is 95.4 Å². The monoisotopic (exact) mass is 352 g/mol. The van der Waals surface area contributed by atoms with Gasteiger partial charge in [-0.25, -0.2) is 0 Å². The molecule has 2 aromatic carbocycles. The number of non-ortho nitro benzene ring substituents is 1. The van der Waals surface area contributed by atoms with Crippen molar-refractivity contribution >= 4 is 33.3 Å². The average molecular weight is 352 g/mol. The van der Waals surface area contributed by atoms with E-state index in [2.05, 4.69) is 0 Å². The van der Waals surface area contributed by atoms with Gasteiger partial charge in [-0.3, -0.25) is 10.1 Å². The van der Waals surface area contributed by atoms with Gasteiger partial charge in [0.25, 0.3) is 5.69 Å². The molecule has 134 valence electrons. The maximum absolute atomic E-state index is 10.5. The molecule has 2 N–H and O–H groups in total. The molecule has 0 aliphatic carbocycles. The fourth-order valence-corrected chi connectivity index (χ4v) is 2.81. The summed E-state index contributed by atoms with van der Waals surface area (Å²) in [6.45, 7) is 7.75. The van der Waals surface area contributed by atoms with Gasteiger partial charge < -0.3 is 14.6 Å². The normalized spacial score (nSPS) is 10.8. The lowest BCUT2D eigenvalue weighted by molar-refractivity contribution is -0.384. The zero-order valence-corrected chi connectivity index (χ0v) is 15.1. The summed E-state index contributed by atoms with van der Waals surface area (Å²) in [4.78, 5) is 10.1. The molecule has 0 saturated heterocycles. The molecule has 0 amide bonds. The summed E-state index contributed by atoms with van der Waals surface area (Å²) >= 11 is 0. The molecule has 6 nitrogen and oxygen atoms in total. The van der Waals surface area contributed by atoms with Crippen LogP contribution < -0.4 is 5.73 Å². The van der Waals surface area contributed by atoms with E-state index in [1.54, 1.807) is 12.1 Å². The average Bonchev–Trinajstić information content (AvgIpc) is 3.05. The van der Waals surface area contributed by atoms with Gasteiger partial charge in [0.2, 0.25) is 0 Å². The van der Waals surface area contributed by atoms with Crippen LogP contribution in [0.5, 0.6) is 0 Å². The number of benzene rings is 2. The quantitative estimate of drug-likeness (QED) is 0.274. The summed E-state index contributed by atoms with van der Waals surface area (Å²) in [5, 5.41) is 12.5. The molecule has 4 aromatic rings. The van der Waals surface area contributed by atoms with Crippen molar-refractivity contribution in [1.29, 1.82) is 0 Å². The fourth-order valence-electron chi connectivity index (χ4n) is 2.81. The second-order valence-corrected chi connectivity index (χ2v) is 6.26. The number of nitro benzene ring substituents is 1. The fraction of sp³-hybridized carbons (Fsp3) is 0.200. The summed E-state index contributed by atoms with van der Waals surface area (Å²) in [6.07, 6.45) is 0. The minimum absolute atomic E-state index is 0.0985. The van der Waals surface area contributed by atoms with Gasteiger partial charge in [-0.05, 0) is 63.1 Å². The number of hydrogen-bond donors (Lipinski definition) is 1. The van der Waals surface area contributed by atoms with E-state index in [0.29, 0.717) is 5.58 Å². The van der Waals surface area contributed by atoms with E-state index in [1.807, 2.05) is 45.9 Å². The first-order valence-electron chi connectivity index (χ1n) is 8.17. The highest BCUT2D eigenvalue weighted by atomic mass is 16.6. The van der Waals surface area contributed by atoms with Gasteiger partial charge in [0.15, 0.2) is 0 Å². The second-order valence-electron chi connectivity index (χ2n) is 6.26. The molecule has 6 heteroatoms. The third kappa shape index (κ3) is 3.13. The number of hydrogen-bond acceptors (Lipinski definition) is 5. The molecule has 0 spiro atoms. The molecular weight excluding hydrogens is 332 g/mol. The van der Waals surface area contributed by atoms with E-state index in [4.69, 9.17) is 14.6 Å². The van der Waals surface area contributed by atoms with E-state index in [-0.39, 0.29) is 5.69 Å². The molecule has 0 fully saturated rings. The van der Waals surface area contributed by atoms with E-state index in [1.165, 1.54) is 11.6 Å². The van der Waals surface area contributed by atoms with Crippen LogP contribution in [0.15, 0.2) is 45.2 Å². The van der Waals surface area contributed by atoms with Crippen LogP contribution in [-0.2, 0) is 0 Å². The number of rotatable bonds is 1. The molecule has 0 unspecified atom stereocenters. The second kappa shape index (κ2) is 6.55. The predicted molar refractivity (Wildman–Crippen MR) is 102 cm³/mol. The molecule has 0 aliphatic heterocycles. The van der Waals surface area contributed by atoms with Gasteiger partial charge in [-0.15, -0.1) is 0 Å². The number of nitrogens with zero attached hydrogens (tertiary/aromatic N) is 1. The van der Waals surface area contributed by atoms with Crippen LogP contribution in [0.4, 0.5) is 11.4 Å². The zero-order chi connectivity index (χ0) is 19.0.